The van der Waals surface area contributed by atoms with Gasteiger partial charge in [0.1, 0.15) is 17.7 Å². The van der Waals surface area contributed by atoms with Crippen molar-refractivity contribution in [3.63, 3.8) is 0 Å². The second kappa shape index (κ2) is 5.64. The minimum Gasteiger partial charge on any atom is -0.487 e. The molecule has 2 aliphatic heterocycles. The van der Waals surface area contributed by atoms with Crippen molar-refractivity contribution in [1.82, 2.24) is 5.32 Å². The minimum absolute atomic E-state index is 0.0319. The molecule has 4 nitrogen and oxygen atoms in total. The van der Waals surface area contributed by atoms with Gasteiger partial charge in [0.05, 0.1) is 12.2 Å². The van der Waals surface area contributed by atoms with Crippen LogP contribution < -0.4 is 15.0 Å². The predicted molar refractivity (Wildman–Crippen MR) is 79.0 cm³/mol. The van der Waals surface area contributed by atoms with Gasteiger partial charge in [0, 0.05) is 18.0 Å². The summed E-state index contributed by atoms with van der Waals surface area (Å²) in [4.78, 5) is 14.6. The molecule has 3 rings (SSSR count). The summed E-state index contributed by atoms with van der Waals surface area (Å²) >= 11 is 0. The third-order valence-electron chi connectivity index (χ3n) is 4.22. The number of benzene rings is 1. The van der Waals surface area contributed by atoms with Crippen LogP contribution >= 0.6 is 0 Å². The first-order chi connectivity index (χ1) is 10.0. The quantitative estimate of drug-likeness (QED) is 0.864. The van der Waals surface area contributed by atoms with Gasteiger partial charge >= 0.3 is 0 Å². The maximum absolute atomic E-state index is 13.4. The van der Waals surface area contributed by atoms with Crippen LogP contribution in [0.15, 0.2) is 18.2 Å². The molecule has 21 heavy (non-hydrogen) atoms. The van der Waals surface area contributed by atoms with Crippen molar-refractivity contribution in [3.8, 4) is 5.75 Å². The molecule has 1 N–H and O–H groups in total. The molecule has 1 aromatic carbocycles. The number of nitrogens with zero attached hydrogens (tertiary/aromatic N) is 1. The topological polar surface area (TPSA) is 41.6 Å². The van der Waals surface area contributed by atoms with Crippen LogP contribution in [-0.4, -0.2) is 31.1 Å². The van der Waals surface area contributed by atoms with Gasteiger partial charge in [0.25, 0.3) is 0 Å². The lowest BCUT2D eigenvalue weighted by atomic mass is 9.91. The zero-order valence-electron chi connectivity index (χ0n) is 12.4. The van der Waals surface area contributed by atoms with Gasteiger partial charge in [-0.1, -0.05) is 0 Å². The fraction of sp³-hybridized carbons (Fsp3) is 0.562. The van der Waals surface area contributed by atoms with E-state index in [1.807, 2.05) is 6.92 Å². The maximum Gasteiger partial charge on any atom is 0.230 e. The molecule has 0 aliphatic carbocycles. The van der Waals surface area contributed by atoms with E-state index in [0.29, 0.717) is 24.0 Å². The van der Waals surface area contributed by atoms with E-state index in [4.69, 9.17) is 4.74 Å². The van der Waals surface area contributed by atoms with E-state index in [2.05, 4.69) is 12.2 Å². The standard InChI is InChI=1S/C16H21FN2O2/c1-10-7-12(5-6-18-10)16(20)19-9-11(2)21-15-8-13(17)3-4-14(15)19/h3-4,8,10-12,18H,5-7,9H2,1-2H3/t10-,11?,12-/m0/s1. The number of amides is 1. The summed E-state index contributed by atoms with van der Waals surface area (Å²) in [6.45, 7) is 5.40. The zero-order chi connectivity index (χ0) is 15.0. The van der Waals surface area contributed by atoms with E-state index in [-0.39, 0.29) is 23.7 Å². The van der Waals surface area contributed by atoms with E-state index < -0.39 is 0 Å². The Labute approximate surface area is 124 Å². The second-order valence-corrected chi connectivity index (χ2v) is 6.07. The molecule has 1 amide bonds. The molecule has 0 saturated carbocycles. The molecule has 0 bridgehead atoms. The van der Waals surface area contributed by atoms with Crippen LogP contribution in [0, 0.1) is 11.7 Å². The van der Waals surface area contributed by atoms with Gasteiger partial charge in [-0.3, -0.25) is 4.79 Å². The van der Waals surface area contributed by atoms with Gasteiger partial charge in [-0.05, 0) is 45.4 Å². The molecular weight excluding hydrogens is 271 g/mol. The van der Waals surface area contributed by atoms with Crippen LogP contribution in [0.5, 0.6) is 5.75 Å². The minimum atomic E-state index is -0.342. The summed E-state index contributed by atoms with van der Waals surface area (Å²) in [5.41, 5.74) is 0.686. The summed E-state index contributed by atoms with van der Waals surface area (Å²) in [5, 5.41) is 3.36. The summed E-state index contributed by atoms with van der Waals surface area (Å²) in [5.74, 6) is 0.283. The monoisotopic (exact) mass is 292 g/mol. The number of hydrogen-bond donors (Lipinski definition) is 1. The third kappa shape index (κ3) is 2.88. The van der Waals surface area contributed by atoms with Crippen LogP contribution in [0.2, 0.25) is 0 Å². The van der Waals surface area contributed by atoms with E-state index >= 15 is 0 Å². The Morgan fingerprint density at radius 3 is 3.00 bits per heavy atom. The first kappa shape index (κ1) is 14.3. The number of carbonyl (C=O) groups is 1. The zero-order valence-corrected chi connectivity index (χ0v) is 12.4. The Morgan fingerprint density at radius 2 is 2.24 bits per heavy atom. The number of piperidine rings is 1. The molecule has 1 fully saturated rings. The van der Waals surface area contributed by atoms with Crippen molar-refractivity contribution < 1.29 is 13.9 Å². The Balaban J connectivity index is 1.86. The molecular formula is C16H21FN2O2. The van der Waals surface area contributed by atoms with Crippen LogP contribution in [0.1, 0.15) is 26.7 Å². The molecule has 5 heteroatoms. The van der Waals surface area contributed by atoms with Crippen molar-refractivity contribution in [1.29, 1.82) is 0 Å². The molecule has 114 valence electrons. The number of ether oxygens (including phenoxy) is 1. The molecule has 0 aromatic heterocycles. The molecule has 1 unspecified atom stereocenters. The summed E-state index contributed by atoms with van der Waals surface area (Å²) < 4.78 is 19.0. The summed E-state index contributed by atoms with van der Waals surface area (Å²) in [6, 6.07) is 4.73. The van der Waals surface area contributed by atoms with E-state index in [1.54, 1.807) is 11.0 Å². The van der Waals surface area contributed by atoms with Gasteiger partial charge in [0.2, 0.25) is 5.91 Å². The van der Waals surface area contributed by atoms with Crippen molar-refractivity contribution in [2.75, 3.05) is 18.0 Å². The fourth-order valence-electron chi connectivity index (χ4n) is 3.20. The number of halogens is 1. The lowest BCUT2D eigenvalue weighted by Crippen LogP contribution is -2.48. The SMILES string of the molecule is CC1CN(C(=O)[C@H]2CCN[C@@H](C)C2)c2ccc(F)cc2O1. The number of rotatable bonds is 1. The fourth-order valence-corrected chi connectivity index (χ4v) is 3.20. The first-order valence-electron chi connectivity index (χ1n) is 7.55. The number of fused-ring (bicyclic) bond motifs is 1. The number of nitrogens with one attached hydrogen (secondary N) is 1. The van der Waals surface area contributed by atoms with Crippen molar-refractivity contribution in [3.05, 3.63) is 24.0 Å². The third-order valence-corrected chi connectivity index (χ3v) is 4.22. The van der Waals surface area contributed by atoms with Gasteiger partial charge in [0.15, 0.2) is 0 Å². The van der Waals surface area contributed by atoms with Gasteiger partial charge < -0.3 is 15.0 Å². The molecule has 0 radical (unpaired) electrons. The van der Waals surface area contributed by atoms with Gasteiger partial charge in [-0.15, -0.1) is 0 Å². The van der Waals surface area contributed by atoms with E-state index in [0.717, 1.165) is 19.4 Å². The Hall–Kier alpha value is -1.62. The first-order valence-corrected chi connectivity index (χ1v) is 7.55. The van der Waals surface area contributed by atoms with Gasteiger partial charge in [-0.25, -0.2) is 4.39 Å². The molecule has 3 atom stereocenters. The Kier molecular flexibility index (Phi) is 3.85. The Morgan fingerprint density at radius 1 is 1.43 bits per heavy atom. The molecule has 2 heterocycles. The summed E-state index contributed by atoms with van der Waals surface area (Å²) in [7, 11) is 0. The average molecular weight is 292 g/mol. The predicted octanol–water partition coefficient (Wildman–Crippen LogP) is 2.33. The van der Waals surface area contributed by atoms with Crippen molar-refractivity contribution in [2.24, 2.45) is 5.92 Å². The van der Waals surface area contributed by atoms with Crippen LogP contribution in [0.3, 0.4) is 0 Å². The van der Waals surface area contributed by atoms with Crippen LogP contribution in [0.4, 0.5) is 10.1 Å². The van der Waals surface area contributed by atoms with Crippen molar-refractivity contribution in [2.45, 2.75) is 38.8 Å². The molecule has 0 spiro atoms. The second-order valence-electron chi connectivity index (χ2n) is 6.07. The normalized spacial score (nSPS) is 28.7. The van der Waals surface area contributed by atoms with Crippen molar-refractivity contribution >= 4 is 11.6 Å². The smallest absolute Gasteiger partial charge is 0.230 e. The highest BCUT2D eigenvalue weighted by molar-refractivity contribution is 5.97. The summed E-state index contributed by atoms with van der Waals surface area (Å²) in [6.07, 6.45) is 1.58. The van der Waals surface area contributed by atoms with Gasteiger partial charge in [-0.2, -0.15) is 0 Å². The lowest BCUT2D eigenvalue weighted by Gasteiger charge is -2.37. The number of carbonyl (C=O) groups excluding carboxylic acids is 1. The highest BCUT2D eigenvalue weighted by atomic mass is 19.1. The van der Waals surface area contributed by atoms with E-state index in [9.17, 15) is 9.18 Å². The maximum atomic E-state index is 13.4. The average Bonchev–Trinajstić information content (AvgIpc) is 2.45. The molecule has 1 saturated heterocycles. The molecule has 2 aliphatic rings. The number of hydrogen-bond acceptors (Lipinski definition) is 3. The largest absolute Gasteiger partial charge is 0.487 e. The highest BCUT2D eigenvalue weighted by Gasteiger charge is 2.34. The van der Waals surface area contributed by atoms with E-state index in [1.165, 1.54) is 12.1 Å². The number of anilines is 1. The highest BCUT2D eigenvalue weighted by Crippen LogP contribution is 2.35. The molecule has 1 aromatic rings. The van der Waals surface area contributed by atoms with Crippen LogP contribution in [0.25, 0.3) is 0 Å². The Bertz CT molecular complexity index is 549. The van der Waals surface area contributed by atoms with Crippen LogP contribution in [-0.2, 0) is 4.79 Å². The lowest BCUT2D eigenvalue weighted by molar-refractivity contribution is -0.123.